The molecule has 6 nitrogen and oxygen atoms in total. The first-order valence-corrected chi connectivity index (χ1v) is 8.54. The molecule has 3 rings (SSSR count). The second-order valence-electron chi connectivity index (χ2n) is 6.30. The zero-order chi connectivity index (χ0) is 16.1. The molecule has 1 aromatic rings. The standard InChI is InChI=1S/C17H25N3O3/c21-16-15(5-3-7-18-16)17(22)20-8-2-1-4-14(20)6-9-19-10-12-23-13-11-19/h3,5,7,14H,1-2,4,6,8-13H2,(H,18,21)/t14-/m1/s1. The SMILES string of the molecule is O=C(c1ccc[nH]c1=O)N1CCCC[C@@H]1CCN1CCOCC1. The number of H-pyrrole nitrogens is 1. The van der Waals surface area contributed by atoms with Crippen molar-refractivity contribution in [1.82, 2.24) is 14.8 Å². The minimum atomic E-state index is -0.296. The fraction of sp³-hybridized carbons (Fsp3) is 0.647. The summed E-state index contributed by atoms with van der Waals surface area (Å²) in [5.74, 6) is -0.126. The first kappa shape index (κ1) is 16.2. The van der Waals surface area contributed by atoms with Crippen molar-refractivity contribution in [2.24, 2.45) is 0 Å². The van der Waals surface area contributed by atoms with Gasteiger partial charge in [-0.1, -0.05) is 0 Å². The number of pyridine rings is 1. The van der Waals surface area contributed by atoms with E-state index in [2.05, 4.69) is 9.88 Å². The Balaban J connectivity index is 1.65. The van der Waals surface area contributed by atoms with Crippen LogP contribution in [0, 0.1) is 0 Å². The Hall–Kier alpha value is -1.66. The van der Waals surface area contributed by atoms with E-state index in [1.54, 1.807) is 18.3 Å². The highest BCUT2D eigenvalue weighted by atomic mass is 16.5. The van der Waals surface area contributed by atoms with Gasteiger partial charge in [0.05, 0.1) is 13.2 Å². The maximum Gasteiger partial charge on any atom is 0.260 e. The number of ether oxygens (including phenoxy) is 1. The summed E-state index contributed by atoms with van der Waals surface area (Å²) in [6.07, 6.45) is 5.73. The number of aromatic amines is 1. The zero-order valence-corrected chi connectivity index (χ0v) is 13.5. The number of likely N-dealkylation sites (tertiary alicyclic amines) is 1. The molecule has 2 saturated heterocycles. The summed E-state index contributed by atoms with van der Waals surface area (Å²) < 4.78 is 5.38. The van der Waals surface area contributed by atoms with Gasteiger partial charge in [0, 0.05) is 38.4 Å². The maximum absolute atomic E-state index is 12.8. The van der Waals surface area contributed by atoms with Crippen LogP contribution >= 0.6 is 0 Å². The van der Waals surface area contributed by atoms with Crippen LogP contribution in [0.5, 0.6) is 0 Å². The normalized spacial score (nSPS) is 23.0. The molecule has 0 saturated carbocycles. The van der Waals surface area contributed by atoms with E-state index in [1.807, 2.05) is 4.90 Å². The topological polar surface area (TPSA) is 65.6 Å². The van der Waals surface area contributed by atoms with E-state index in [9.17, 15) is 9.59 Å². The summed E-state index contributed by atoms with van der Waals surface area (Å²) in [5, 5.41) is 0. The highest BCUT2D eigenvalue weighted by Gasteiger charge is 2.29. The number of hydrogen-bond donors (Lipinski definition) is 1. The summed E-state index contributed by atoms with van der Waals surface area (Å²) in [7, 11) is 0. The summed E-state index contributed by atoms with van der Waals surface area (Å²) in [5.41, 5.74) is -0.0409. The lowest BCUT2D eigenvalue weighted by Gasteiger charge is -2.37. The van der Waals surface area contributed by atoms with Gasteiger partial charge in [0.25, 0.3) is 11.5 Å². The van der Waals surface area contributed by atoms with Crippen LogP contribution in [0.4, 0.5) is 0 Å². The molecule has 0 aromatic carbocycles. The van der Waals surface area contributed by atoms with Crippen molar-refractivity contribution in [2.45, 2.75) is 31.7 Å². The largest absolute Gasteiger partial charge is 0.379 e. The molecule has 1 amide bonds. The predicted octanol–water partition coefficient (Wildman–Crippen LogP) is 1.09. The lowest BCUT2D eigenvalue weighted by Crippen LogP contribution is -2.47. The molecule has 2 fully saturated rings. The second kappa shape index (κ2) is 7.75. The van der Waals surface area contributed by atoms with Gasteiger partial charge in [-0.05, 0) is 37.8 Å². The van der Waals surface area contributed by atoms with E-state index in [0.29, 0.717) is 0 Å². The van der Waals surface area contributed by atoms with E-state index in [0.717, 1.165) is 65.1 Å². The van der Waals surface area contributed by atoms with Gasteiger partial charge in [-0.2, -0.15) is 0 Å². The second-order valence-corrected chi connectivity index (χ2v) is 6.30. The van der Waals surface area contributed by atoms with E-state index in [-0.39, 0.29) is 23.1 Å². The number of hydrogen-bond acceptors (Lipinski definition) is 4. The van der Waals surface area contributed by atoms with E-state index < -0.39 is 0 Å². The molecular weight excluding hydrogens is 294 g/mol. The summed E-state index contributed by atoms with van der Waals surface area (Å²) >= 11 is 0. The minimum Gasteiger partial charge on any atom is -0.379 e. The number of morpholine rings is 1. The van der Waals surface area contributed by atoms with Gasteiger partial charge in [-0.3, -0.25) is 14.5 Å². The molecule has 1 aromatic heterocycles. The van der Waals surface area contributed by atoms with Crippen molar-refractivity contribution in [3.05, 3.63) is 34.2 Å². The van der Waals surface area contributed by atoms with Crippen molar-refractivity contribution in [1.29, 1.82) is 0 Å². The number of rotatable bonds is 4. The van der Waals surface area contributed by atoms with Crippen LogP contribution in [0.1, 0.15) is 36.0 Å². The molecule has 0 unspecified atom stereocenters. The Morgan fingerprint density at radius 3 is 2.87 bits per heavy atom. The van der Waals surface area contributed by atoms with Crippen molar-refractivity contribution in [2.75, 3.05) is 39.4 Å². The smallest absolute Gasteiger partial charge is 0.260 e. The highest BCUT2D eigenvalue weighted by molar-refractivity contribution is 5.94. The third kappa shape index (κ3) is 4.00. The van der Waals surface area contributed by atoms with Crippen molar-refractivity contribution < 1.29 is 9.53 Å². The molecule has 0 bridgehead atoms. The molecule has 0 radical (unpaired) electrons. The highest BCUT2D eigenvalue weighted by Crippen LogP contribution is 2.21. The quantitative estimate of drug-likeness (QED) is 0.902. The number of nitrogens with one attached hydrogen (secondary N) is 1. The van der Waals surface area contributed by atoms with E-state index in [1.165, 1.54) is 0 Å². The monoisotopic (exact) mass is 319 g/mol. The van der Waals surface area contributed by atoms with Crippen molar-refractivity contribution >= 4 is 5.91 Å². The van der Waals surface area contributed by atoms with Crippen LogP contribution < -0.4 is 5.56 Å². The Morgan fingerprint density at radius 1 is 1.26 bits per heavy atom. The minimum absolute atomic E-state index is 0.126. The molecule has 2 aliphatic rings. The lowest BCUT2D eigenvalue weighted by molar-refractivity contribution is 0.0295. The lowest BCUT2D eigenvalue weighted by atomic mass is 9.98. The van der Waals surface area contributed by atoms with Crippen LogP contribution in [0.25, 0.3) is 0 Å². The molecule has 6 heteroatoms. The first-order chi connectivity index (χ1) is 11.3. The van der Waals surface area contributed by atoms with Gasteiger partial charge < -0.3 is 14.6 Å². The van der Waals surface area contributed by atoms with Crippen LogP contribution in [0.15, 0.2) is 23.1 Å². The fourth-order valence-electron chi connectivity index (χ4n) is 3.47. The van der Waals surface area contributed by atoms with Crippen molar-refractivity contribution in [3.8, 4) is 0 Å². The molecule has 2 aliphatic heterocycles. The van der Waals surface area contributed by atoms with Crippen LogP contribution in [0.3, 0.4) is 0 Å². The number of piperidine rings is 1. The van der Waals surface area contributed by atoms with Crippen LogP contribution in [-0.2, 0) is 4.74 Å². The van der Waals surface area contributed by atoms with Crippen LogP contribution in [0.2, 0.25) is 0 Å². The third-order valence-electron chi connectivity index (χ3n) is 4.82. The average molecular weight is 319 g/mol. The average Bonchev–Trinajstić information content (AvgIpc) is 2.61. The van der Waals surface area contributed by atoms with Gasteiger partial charge in [-0.25, -0.2) is 0 Å². The van der Waals surface area contributed by atoms with Gasteiger partial charge in [0.1, 0.15) is 5.56 Å². The molecule has 1 N–H and O–H groups in total. The molecule has 126 valence electrons. The first-order valence-electron chi connectivity index (χ1n) is 8.54. The number of carbonyl (C=O) groups excluding carboxylic acids is 1. The number of carbonyl (C=O) groups is 1. The molecule has 0 aliphatic carbocycles. The fourth-order valence-corrected chi connectivity index (χ4v) is 3.47. The molecule has 0 spiro atoms. The van der Waals surface area contributed by atoms with Gasteiger partial charge in [-0.15, -0.1) is 0 Å². The third-order valence-corrected chi connectivity index (χ3v) is 4.82. The van der Waals surface area contributed by atoms with Gasteiger partial charge >= 0.3 is 0 Å². The molecule has 3 heterocycles. The Labute approximate surface area is 136 Å². The molecule has 1 atom stereocenters. The zero-order valence-electron chi connectivity index (χ0n) is 13.5. The number of nitrogens with zero attached hydrogens (tertiary/aromatic N) is 2. The summed E-state index contributed by atoms with van der Waals surface area (Å²) in [6.45, 7) is 5.28. The van der Waals surface area contributed by atoms with Crippen LogP contribution in [-0.4, -0.2) is 66.1 Å². The Morgan fingerprint density at radius 2 is 2.09 bits per heavy atom. The Bertz CT molecular complexity index is 580. The number of amides is 1. The Kier molecular flexibility index (Phi) is 5.46. The molecule has 23 heavy (non-hydrogen) atoms. The van der Waals surface area contributed by atoms with Gasteiger partial charge in [0.2, 0.25) is 0 Å². The molecular formula is C17H25N3O3. The predicted molar refractivity (Wildman–Crippen MR) is 87.6 cm³/mol. The van der Waals surface area contributed by atoms with Crippen molar-refractivity contribution in [3.63, 3.8) is 0 Å². The maximum atomic E-state index is 12.8. The summed E-state index contributed by atoms with van der Waals surface area (Å²) in [4.78, 5) is 31.5. The van der Waals surface area contributed by atoms with Gasteiger partial charge in [0.15, 0.2) is 0 Å². The number of aromatic nitrogens is 1. The van der Waals surface area contributed by atoms with E-state index >= 15 is 0 Å². The summed E-state index contributed by atoms with van der Waals surface area (Å²) in [6, 6.07) is 3.56. The van der Waals surface area contributed by atoms with E-state index in [4.69, 9.17) is 4.74 Å².